The number of rotatable bonds is 4. The normalized spacial score (nSPS) is 11.0. The van der Waals surface area contributed by atoms with E-state index in [0.717, 1.165) is 10.2 Å². The van der Waals surface area contributed by atoms with Crippen molar-refractivity contribution in [3.8, 4) is 5.75 Å². The van der Waals surface area contributed by atoms with Gasteiger partial charge in [-0.1, -0.05) is 22.9 Å². The van der Waals surface area contributed by atoms with Gasteiger partial charge in [0.15, 0.2) is 5.13 Å². The van der Waals surface area contributed by atoms with Crippen molar-refractivity contribution in [3.63, 3.8) is 0 Å². The minimum atomic E-state index is -0.614. The van der Waals surface area contributed by atoms with E-state index in [1.54, 1.807) is 36.4 Å². The quantitative estimate of drug-likeness (QED) is 0.502. The number of benzene rings is 2. The number of halogens is 1. The monoisotopic (exact) mass is 400 g/mol. The van der Waals surface area contributed by atoms with Gasteiger partial charge in [-0.2, -0.15) is 0 Å². The van der Waals surface area contributed by atoms with E-state index >= 15 is 0 Å². The fraction of sp³-hybridized carbons (Fsp3) is 0.105. The molecule has 2 aromatic heterocycles. The van der Waals surface area contributed by atoms with Gasteiger partial charge in [0.25, 0.3) is 5.91 Å². The number of amides is 1. The highest BCUT2D eigenvalue weighted by Gasteiger charge is 2.16. The number of carbonyl (C=O) groups is 1. The molecule has 0 atom stereocenters. The van der Waals surface area contributed by atoms with E-state index in [2.05, 4.69) is 10.3 Å². The molecule has 0 spiro atoms. The molecular weight excluding hydrogens is 388 g/mol. The first-order chi connectivity index (χ1) is 13.0. The van der Waals surface area contributed by atoms with Gasteiger partial charge in [-0.15, -0.1) is 0 Å². The van der Waals surface area contributed by atoms with Crippen LogP contribution in [0.1, 0.15) is 17.3 Å². The molecule has 1 amide bonds. The number of nitrogens with zero attached hydrogens (tertiary/aromatic N) is 1. The summed E-state index contributed by atoms with van der Waals surface area (Å²) in [6.07, 6.45) is 0. The molecule has 4 aromatic rings. The minimum absolute atomic E-state index is 0.210. The Kier molecular flexibility index (Phi) is 4.55. The first-order valence-corrected chi connectivity index (χ1v) is 9.31. The molecule has 0 bridgehead atoms. The molecule has 4 rings (SSSR count). The van der Waals surface area contributed by atoms with Crippen LogP contribution < -0.4 is 15.7 Å². The van der Waals surface area contributed by atoms with Gasteiger partial charge in [0.05, 0.1) is 22.4 Å². The summed E-state index contributed by atoms with van der Waals surface area (Å²) in [5.41, 5.74) is 0.618. The third-order valence-electron chi connectivity index (χ3n) is 3.84. The summed E-state index contributed by atoms with van der Waals surface area (Å²) in [5, 5.41) is 4.27. The first kappa shape index (κ1) is 17.5. The molecule has 2 aromatic carbocycles. The molecule has 6 nitrogen and oxygen atoms in total. The fourth-order valence-corrected chi connectivity index (χ4v) is 3.84. The molecule has 0 saturated heterocycles. The number of ether oxygens (including phenoxy) is 1. The standard InChI is InChI=1S/C19H13ClN2O4S/c1-2-25-11-4-5-12-13(9-17(23)26-15(12)8-11)18(24)22-19-21-14-6-3-10(20)7-16(14)27-19/h3-9H,2H2,1H3,(H,21,22,24). The summed E-state index contributed by atoms with van der Waals surface area (Å²) < 4.78 is 11.5. The van der Waals surface area contributed by atoms with Crippen LogP contribution in [0.25, 0.3) is 21.2 Å². The lowest BCUT2D eigenvalue weighted by Crippen LogP contribution is -2.15. The van der Waals surface area contributed by atoms with Crippen LogP contribution in [0.2, 0.25) is 5.02 Å². The van der Waals surface area contributed by atoms with Gasteiger partial charge in [-0.3, -0.25) is 10.1 Å². The number of aromatic nitrogens is 1. The van der Waals surface area contributed by atoms with Gasteiger partial charge in [-0.25, -0.2) is 9.78 Å². The molecule has 0 aliphatic rings. The topological polar surface area (TPSA) is 81.4 Å². The maximum atomic E-state index is 12.8. The SMILES string of the molecule is CCOc1ccc2c(C(=O)Nc3nc4ccc(Cl)cc4s3)cc(=O)oc2c1. The number of fused-ring (bicyclic) bond motifs is 2. The number of carbonyl (C=O) groups excluding carboxylic acids is 1. The zero-order valence-electron chi connectivity index (χ0n) is 14.1. The molecule has 0 aliphatic heterocycles. The summed E-state index contributed by atoms with van der Waals surface area (Å²) in [5.74, 6) is 0.121. The van der Waals surface area contributed by atoms with Crippen molar-refractivity contribution in [2.45, 2.75) is 6.92 Å². The second-order valence-corrected chi connectivity index (χ2v) is 7.12. The van der Waals surface area contributed by atoms with E-state index < -0.39 is 11.5 Å². The Hall–Kier alpha value is -2.90. The van der Waals surface area contributed by atoms with E-state index in [-0.39, 0.29) is 11.1 Å². The molecule has 0 radical (unpaired) electrons. The van der Waals surface area contributed by atoms with Crippen molar-refractivity contribution in [1.82, 2.24) is 4.98 Å². The van der Waals surface area contributed by atoms with Crippen LogP contribution in [-0.4, -0.2) is 17.5 Å². The Labute approximate surface area is 162 Å². The smallest absolute Gasteiger partial charge is 0.337 e. The molecule has 0 saturated carbocycles. The van der Waals surface area contributed by atoms with Crippen LogP contribution in [-0.2, 0) is 0 Å². The van der Waals surface area contributed by atoms with Crippen molar-refractivity contribution in [3.05, 3.63) is 63.5 Å². The molecule has 0 fully saturated rings. The number of hydrogen-bond donors (Lipinski definition) is 1. The van der Waals surface area contributed by atoms with E-state index in [0.29, 0.717) is 27.9 Å². The zero-order chi connectivity index (χ0) is 19.0. The highest BCUT2D eigenvalue weighted by molar-refractivity contribution is 7.22. The summed E-state index contributed by atoms with van der Waals surface area (Å²) in [6, 6.07) is 11.5. The van der Waals surface area contributed by atoms with Crippen LogP contribution in [0.3, 0.4) is 0 Å². The number of anilines is 1. The molecule has 2 heterocycles. The largest absolute Gasteiger partial charge is 0.494 e. The third-order valence-corrected chi connectivity index (χ3v) is 5.01. The third kappa shape index (κ3) is 3.51. The van der Waals surface area contributed by atoms with E-state index in [1.807, 2.05) is 6.92 Å². The highest BCUT2D eigenvalue weighted by Crippen LogP contribution is 2.29. The Morgan fingerprint density at radius 1 is 1.26 bits per heavy atom. The lowest BCUT2D eigenvalue weighted by Gasteiger charge is -2.07. The van der Waals surface area contributed by atoms with Gasteiger partial charge < -0.3 is 9.15 Å². The molecule has 0 unspecified atom stereocenters. The summed E-state index contributed by atoms with van der Waals surface area (Å²) in [6.45, 7) is 2.34. The van der Waals surface area contributed by atoms with E-state index in [1.165, 1.54) is 17.4 Å². The van der Waals surface area contributed by atoms with Crippen molar-refractivity contribution in [2.75, 3.05) is 11.9 Å². The Morgan fingerprint density at radius 2 is 2.11 bits per heavy atom. The van der Waals surface area contributed by atoms with Crippen molar-refractivity contribution >= 4 is 55.2 Å². The lowest BCUT2D eigenvalue weighted by molar-refractivity contribution is 0.102. The second-order valence-electron chi connectivity index (χ2n) is 5.66. The first-order valence-electron chi connectivity index (χ1n) is 8.11. The highest BCUT2D eigenvalue weighted by atomic mass is 35.5. The number of hydrogen-bond acceptors (Lipinski definition) is 6. The molecule has 8 heteroatoms. The summed E-state index contributed by atoms with van der Waals surface area (Å²) in [7, 11) is 0. The molecule has 27 heavy (non-hydrogen) atoms. The van der Waals surface area contributed by atoms with E-state index in [9.17, 15) is 9.59 Å². The molecular formula is C19H13ClN2O4S. The second kappa shape index (κ2) is 7.02. The van der Waals surface area contributed by atoms with Crippen molar-refractivity contribution in [2.24, 2.45) is 0 Å². The minimum Gasteiger partial charge on any atom is -0.494 e. The molecule has 136 valence electrons. The fourth-order valence-electron chi connectivity index (χ4n) is 2.70. The van der Waals surface area contributed by atoms with Gasteiger partial charge in [0, 0.05) is 22.5 Å². The maximum Gasteiger partial charge on any atom is 0.337 e. The predicted molar refractivity (Wildman–Crippen MR) is 106 cm³/mol. The van der Waals surface area contributed by atoms with Crippen LogP contribution in [0.5, 0.6) is 5.75 Å². The summed E-state index contributed by atoms with van der Waals surface area (Å²) >= 11 is 7.29. The predicted octanol–water partition coefficient (Wildman–Crippen LogP) is 4.71. The van der Waals surface area contributed by atoms with Crippen LogP contribution in [0.15, 0.2) is 51.7 Å². The maximum absolute atomic E-state index is 12.8. The van der Waals surface area contributed by atoms with Crippen molar-refractivity contribution in [1.29, 1.82) is 0 Å². The van der Waals surface area contributed by atoms with Crippen molar-refractivity contribution < 1.29 is 13.9 Å². The summed E-state index contributed by atoms with van der Waals surface area (Å²) in [4.78, 5) is 29.0. The van der Waals surface area contributed by atoms with Gasteiger partial charge in [-0.05, 0) is 37.3 Å². The number of thiazole rings is 1. The lowest BCUT2D eigenvalue weighted by atomic mass is 10.1. The van der Waals surface area contributed by atoms with Gasteiger partial charge in [0.2, 0.25) is 0 Å². The van der Waals surface area contributed by atoms with E-state index in [4.69, 9.17) is 20.8 Å². The van der Waals surface area contributed by atoms with Crippen LogP contribution in [0, 0.1) is 0 Å². The van der Waals surface area contributed by atoms with Gasteiger partial charge >= 0.3 is 5.63 Å². The van der Waals surface area contributed by atoms with Crippen LogP contribution >= 0.6 is 22.9 Å². The Balaban J connectivity index is 1.71. The van der Waals surface area contributed by atoms with Gasteiger partial charge in [0.1, 0.15) is 11.3 Å². The Morgan fingerprint density at radius 3 is 2.93 bits per heavy atom. The average Bonchev–Trinajstić information content (AvgIpc) is 3.02. The zero-order valence-corrected chi connectivity index (χ0v) is 15.7. The Bertz CT molecular complexity index is 1230. The average molecular weight is 401 g/mol. The number of nitrogens with one attached hydrogen (secondary N) is 1. The molecule has 1 N–H and O–H groups in total. The van der Waals surface area contributed by atoms with Crippen LogP contribution in [0.4, 0.5) is 5.13 Å². The molecule has 0 aliphatic carbocycles.